The molecule has 5 nitrogen and oxygen atoms in total. The number of aliphatic hydroxyl groups excluding tert-OH is 1. The van der Waals surface area contributed by atoms with Crippen molar-refractivity contribution >= 4 is 11.9 Å². The summed E-state index contributed by atoms with van der Waals surface area (Å²) < 4.78 is 8.86. The fourth-order valence-electron chi connectivity index (χ4n) is 0.554. The molecule has 0 amide bonds. The molecule has 5 heteroatoms. The number of hydrogen-bond donors (Lipinski definition) is 1. The lowest BCUT2D eigenvalue weighted by molar-refractivity contribution is -0.168. The molecule has 0 rings (SSSR count). The fraction of sp³-hybridized carbons (Fsp3) is 0.714. The van der Waals surface area contributed by atoms with Gasteiger partial charge in [-0.2, -0.15) is 0 Å². The highest BCUT2D eigenvalue weighted by molar-refractivity contribution is 5.66. The van der Waals surface area contributed by atoms with Crippen LogP contribution in [0.2, 0.25) is 0 Å². The standard InChI is InChI=1S/C7H12O5/c1-5(8)11-4-3-7(10)12-6(2)9/h7,10H,3-4H2,1-2H3. The first-order chi connectivity index (χ1) is 5.52. The zero-order valence-electron chi connectivity index (χ0n) is 7.07. The molecule has 0 aliphatic heterocycles. The van der Waals surface area contributed by atoms with Crippen molar-refractivity contribution in [3.05, 3.63) is 0 Å². The third-order valence-electron chi connectivity index (χ3n) is 0.972. The van der Waals surface area contributed by atoms with Crippen LogP contribution in [-0.2, 0) is 19.1 Å². The number of ether oxygens (including phenoxy) is 2. The van der Waals surface area contributed by atoms with Gasteiger partial charge in [-0.15, -0.1) is 0 Å². The molecule has 12 heavy (non-hydrogen) atoms. The summed E-state index contributed by atoms with van der Waals surface area (Å²) in [6, 6.07) is 0. The van der Waals surface area contributed by atoms with Gasteiger partial charge < -0.3 is 14.6 Å². The maximum absolute atomic E-state index is 10.3. The highest BCUT2D eigenvalue weighted by Crippen LogP contribution is 1.95. The Morgan fingerprint density at radius 1 is 1.33 bits per heavy atom. The van der Waals surface area contributed by atoms with E-state index in [9.17, 15) is 9.59 Å². The lowest BCUT2D eigenvalue weighted by Crippen LogP contribution is -2.18. The Morgan fingerprint density at radius 3 is 2.33 bits per heavy atom. The topological polar surface area (TPSA) is 72.8 Å². The monoisotopic (exact) mass is 176 g/mol. The highest BCUT2D eigenvalue weighted by Gasteiger charge is 2.07. The van der Waals surface area contributed by atoms with E-state index in [2.05, 4.69) is 9.47 Å². The Bertz CT molecular complexity index is 165. The van der Waals surface area contributed by atoms with E-state index in [1.807, 2.05) is 0 Å². The molecule has 1 unspecified atom stereocenters. The lowest BCUT2D eigenvalue weighted by Gasteiger charge is -2.09. The summed E-state index contributed by atoms with van der Waals surface area (Å²) in [4.78, 5) is 20.5. The van der Waals surface area contributed by atoms with E-state index in [0.29, 0.717) is 0 Å². The summed E-state index contributed by atoms with van der Waals surface area (Å²) in [5, 5.41) is 8.90. The van der Waals surface area contributed by atoms with Gasteiger partial charge in [-0.05, 0) is 0 Å². The molecule has 0 aliphatic rings. The maximum atomic E-state index is 10.3. The first kappa shape index (κ1) is 10.9. The molecule has 0 aliphatic carbocycles. The molecule has 0 radical (unpaired) electrons. The predicted octanol–water partition coefficient (Wildman–Crippen LogP) is -0.179. The van der Waals surface area contributed by atoms with Crippen LogP contribution in [0.25, 0.3) is 0 Å². The van der Waals surface area contributed by atoms with Crippen LogP contribution in [0.1, 0.15) is 20.3 Å². The maximum Gasteiger partial charge on any atom is 0.304 e. The Hall–Kier alpha value is -1.10. The van der Waals surface area contributed by atoms with Crippen molar-refractivity contribution < 1.29 is 24.2 Å². The van der Waals surface area contributed by atoms with Gasteiger partial charge in [0.25, 0.3) is 0 Å². The first-order valence-corrected chi connectivity index (χ1v) is 3.51. The van der Waals surface area contributed by atoms with E-state index < -0.39 is 18.2 Å². The largest absolute Gasteiger partial charge is 0.466 e. The van der Waals surface area contributed by atoms with Gasteiger partial charge >= 0.3 is 11.9 Å². The Kier molecular flexibility index (Phi) is 5.03. The lowest BCUT2D eigenvalue weighted by atomic mass is 10.4. The minimum absolute atomic E-state index is 0.0454. The highest BCUT2D eigenvalue weighted by atomic mass is 16.6. The van der Waals surface area contributed by atoms with Crippen LogP contribution in [0.5, 0.6) is 0 Å². The van der Waals surface area contributed by atoms with Gasteiger partial charge in [0.1, 0.15) is 0 Å². The normalized spacial score (nSPS) is 11.9. The van der Waals surface area contributed by atoms with Crippen LogP contribution in [0.4, 0.5) is 0 Å². The van der Waals surface area contributed by atoms with Crippen molar-refractivity contribution in [3.8, 4) is 0 Å². The first-order valence-electron chi connectivity index (χ1n) is 3.51. The predicted molar refractivity (Wildman–Crippen MR) is 39.0 cm³/mol. The molecule has 0 heterocycles. The third kappa shape index (κ3) is 7.01. The number of carbonyl (C=O) groups excluding carboxylic acids is 2. The SMILES string of the molecule is CC(=O)OCCC(O)OC(C)=O. The zero-order chi connectivity index (χ0) is 9.56. The second-order valence-electron chi connectivity index (χ2n) is 2.19. The summed E-state index contributed by atoms with van der Waals surface area (Å²) >= 11 is 0. The molecule has 0 spiro atoms. The number of aliphatic hydroxyl groups is 1. The molecule has 0 aromatic rings. The molecule has 0 saturated carbocycles. The second kappa shape index (κ2) is 5.54. The zero-order valence-corrected chi connectivity index (χ0v) is 7.07. The minimum Gasteiger partial charge on any atom is -0.466 e. The number of hydrogen-bond acceptors (Lipinski definition) is 5. The molecule has 70 valence electrons. The van der Waals surface area contributed by atoms with Crippen molar-refractivity contribution in [1.82, 2.24) is 0 Å². The van der Waals surface area contributed by atoms with Crippen LogP contribution in [0.3, 0.4) is 0 Å². The summed E-state index contributed by atoms with van der Waals surface area (Å²) in [7, 11) is 0. The van der Waals surface area contributed by atoms with Gasteiger partial charge in [0.05, 0.1) is 6.61 Å². The summed E-state index contributed by atoms with van der Waals surface area (Å²) in [5.74, 6) is -0.990. The van der Waals surface area contributed by atoms with Crippen molar-refractivity contribution in [1.29, 1.82) is 0 Å². The number of esters is 2. The second-order valence-corrected chi connectivity index (χ2v) is 2.19. The van der Waals surface area contributed by atoms with Gasteiger partial charge in [0.15, 0.2) is 0 Å². The van der Waals surface area contributed by atoms with Crippen molar-refractivity contribution in [3.63, 3.8) is 0 Å². The fourth-order valence-corrected chi connectivity index (χ4v) is 0.554. The van der Waals surface area contributed by atoms with Crippen LogP contribution < -0.4 is 0 Å². The van der Waals surface area contributed by atoms with E-state index in [1.165, 1.54) is 13.8 Å². The number of rotatable bonds is 4. The average Bonchev–Trinajstić information content (AvgIpc) is 1.84. The smallest absolute Gasteiger partial charge is 0.304 e. The van der Waals surface area contributed by atoms with Crippen molar-refractivity contribution in [2.75, 3.05) is 6.61 Å². The minimum atomic E-state index is -1.19. The summed E-state index contributed by atoms with van der Waals surface area (Å²) in [6.07, 6.45) is -1.10. The van der Waals surface area contributed by atoms with Crippen molar-refractivity contribution in [2.24, 2.45) is 0 Å². The van der Waals surface area contributed by atoms with Crippen molar-refractivity contribution in [2.45, 2.75) is 26.6 Å². The average molecular weight is 176 g/mol. The van der Waals surface area contributed by atoms with Gasteiger partial charge in [0.2, 0.25) is 6.29 Å². The van der Waals surface area contributed by atoms with Crippen LogP contribution >= 0.6 is 0 Å². The van der Waals surface area contributed by atoms with Gasteiger partial charge in [-0.25, -0.2) is 0 Å². The Labute approximate surface area is 70.3 Å². The van der Waals surface area contributed by atoms with E-state index in [0.717, 1.165) is 0 Å². The summed E-state index contributed by atoms with van der Waals surface area (Å²) in [6.45, 7) is 2.50. The van der Waals surface area contributed by atoms with Crippen LogP contribution in [0, 0.1) is 0 Å². The van der Waals surface area contributed by atoms with Crippen LogP contribution in [-0.4, -0.2) is 29.9 Å². The van der Waals surface area contributed by atoms with E-state index in [1.54, 1.807) is 0 Å². The number of carbonyl (C=O) groups is 2. The molecule has 0 aromatic heterocycles. The molecular formula is C7H12O5. The molecule has 0 aromatic carbocycles. The molecule has 0 fully saturated rings. The molecule has 0 bridgehead atoms. The molecule has 1 atom stereocenters. The van der Waals surface area contributed by atoms with Crippen LogP contribution in [0.15, 0.2) is 0 Å². The van der Waals surface area contributed by atoms with E-state index >= 15 is 0 Å². The Balaban J connectivity index is 3.37. The Morgan fingerprint density at radius 2 is 1.92 bits per heavy atom. The quantitative estimate of drug-likeness (QED) is 0.475. The van der Waals surface area contributed by atoms with E-state index in [4.69, 9.17) is 5.11 Å². The van der Waals surface area contributed by atoms with Gasteiger partial charge in [-0.1, -0.05) is 0 Å². The molecular weight excluding hydrogens is 164 g/mol. The molecule has 0 saturated heterocycles. The third-order valence-corrected chi connectivity index (χ3v) is 0.972. The van der Waals surface area contributed by atoms with Gasteiger partial charge in [0, 0.05) is 20.3 Å². The molecule has 1 N–H and O–H groups in total. The van der Waals surface area contributed by atoms with E-state index in [-0.39, 0.29) is 13.0 Å². The summed E-state index contributed by atoms with van der Waals surface area (Å²) in [5.41, 5.74) is 0. The van der Waals surface area contributed by atoms with Gasteiger partial charge in [-0.3, -0.25) is 9.59 Å².